The lowest BCUT2D eigenvalue weighted by atomic mass is 9.97. The molecule has 2 rings (SSSR count). The first-order chi connectivity index (χ1) is 9.97. The van der Waals surface area contributed by atoms with Crippen LogP contribution < -0.4 is 5.73 Å². The van der Waals surface area contributed by atoms with Crippen LogP contribution in [0.1, 0.15) is 29.6 Å². The lowest BCUT2D eigenvalue weighted by Gasteiger charge is -2.29. The van der Waals surface area contributed by atoms with Crippen molar-refractivity contribution in [2.24, 2.45) is 5.92 Å². The van der Waals surface area contributed by atoms with Crippen molar-refractivity contribution in [2.45, 2.75) is 19.3 Å². The van der Waals surface area contributed by atoms with Crippen LogP contribution in [0.25, 0.3) is 0 Å². The van der Waals surface area contributed by atoms with Crippen molar-refractivity contribution in [3.8, 4) is 0 Å². The smallest absolute Gasteiger partial charge is 0.306 e. The Labute approximate surface area is 122 Å². The summed E-state index contributed by atoms with van der Waals surface area (Å²) in [6.07, 6.45) is 1.56. The van der Waals surface area contributed by atoms with Gasteiger partial charge in [-0.3, -0.25) is 9.59 Å². The number of rotatable bonds is 5. The van der Waals surface area contributed by atoms with Crippen LogP contribution in [0.5, 0.6) is 0 Å². The maximum atomic E-state index is 13.0. The van der Waals surface area contributed by atoms with Gasteiger partial charge < -0.3 is 15.7 Å². The Balaban J connectivity index is 1.82. The summed E-state index contributed by atoms with van der Waals surface area (Å²) in [6, 6.07) is 3.99. The number of piperidine rings is 1. The highest BCUT2D eigenvalue weighted by molar-refractivity contribution is 5.96. The molecular weight excluding hydrogens is 275 g/mol. The molecule has 1 aromatic carbocycles. The number of hydrogen-bond acceptors (Lipinski definition) is 4. The number of nitrogens with two attached hydrogens (primary N) is 1. The van der Waals surface area contributed by atoms with Crippen molar-refractivity contribution >= 4 is 17.4 Å². The first-order valence-electron chi connectivity index (χ1n) is 7.00. The monoisotopic (exact) mass is 294 g/mol. The second kappa shape index (κ2) is 6.67. The number of nitrogens with zero attached hydrogens (tertiary/aromatic N) is 1. The molecule has 21 heavy (non-hydrogen) atoms. The fraction of sp³-hybridized carbons (Fsp3) is 0.467. The Bertz CT molecular complexity index is 540. The third-order valence-electron chi connectivity index (χ3n) is 3.91. The summed E-state index contributed by atoms with van der Waals surface area (Å²) in [7, 11) is 0. The Kier molecular flexibility index (Phi) is 4.90. The van der Waals surface area contributed by atoms with Gasteiger partial charge in [-0.25, -0.2) is 4.39 Å². The molecule has 0 bridgehead atoms. The van der Waals surface area contributed by atoms with Gasteiger partial charge in [-0.15, -0.1) is 0 Å². The summed E-state index contributed by atoms with van der Waals surface area (Å²) >= 11 is 0. The number of carbonyl (C=O) groups excluding carboxylic acids is 1. The van der Waals surface area contributed by atoms with Crippen LogP contribution in [-0.2, 0) is 4.79 Å². The number of halogens is 1. The molecule has 0 atom stereocenters. The van der Waals surface area contributed by atoms with Crippen LogP contribution in [0.4, 0.5) is 10.1 Å². The van der Waals surface area contributed by atoms with E-state index in [4.69, 9.17) is 10.8 Å². The highest BCUT2D eigenvalue weighted by atomic mass is 19.1. The highest BCUT2D eigenvalue weighted by Gasteiger charge is 2.24. The Morgan fingerprint density at radius 2 is 2.00 bits per heavy atom. The van der Waals surface area contributed by atoms with E-state index in [1.165, 1.54) is 18.2 Å². The van der Waals surface area contributed by atoms with E-state index < -0.39 is 11.8 Å². The quantitative estimate of drug-likeness (QED) is 0.639. The van der Waals surface area contributed by atoms with Gasteiger partial charge in [0.1, 0.15) is 5.82 Å². The summed E-state index contributed by atoms with van der Waals surface area (Å²) < 4.78 is 13.0. The fourth-order valence-electron chi connectivity index (χ4n) is 2.52. The first-order valence-corrected chi connectivity index (χ1v) is 7.00. The summed E-state index contributed by atoms with van der Waals surface area (Å²) in [6.45, 7) is 1.97. The van der Waals surface area contributed by atoms with Gasteiger partial charge in [-0.05, 0) is 44.1 Å². The van der Waals surface area contributed by atoms with E-state index in [-0.39, 0.29) is 17.4 Å². The lowest BCUT2D eigenvalue weighted by Crippen LogP contribution is -2.37. The van der Waals surface area contributed by atoms with Crippen LogP contribution in [0.15, 0.2) is 18.2 Å². The minimum absolute atomic E-state index is 0.0249. The van der Waals surface area contributed by atoms with Crippen LogP contribution in [0.2, 0.25) is 0 Å². The molecule has 0 saturated carbocycles. The second-order valence-corrected chi connectivity index (χ2v) is 5.36. The van der Waals surface area contributed by atoms with Crippen LogP contribution in [0, 0.1) is 11.7 Å². The molecule has 0 aromatic heterocycles. The average molecular weight is 294 g/mol. The second-order valence-electron chi connectivity index (χ2n) is 5.36. The largest absolute Gasteiger partial charge is 0.481 e. The zero-order valence-electron chi connectivity index (χ0n) is 11.7. The van der Waals surface area contributed by atoms with Gasteiger partial charge in [0.2, 0.25) is 0 Å². The molecule has 0 spiro atoms. The number of carboxylic acid groups (broad SMARTS) is 1. The third kappa shape index (κ3) is 4.01. The van der Waals surface area contributed by atoms with E-state index in [2.05, 4.69) is 4.90 Å². The van der Waals surface area contributed by atoms with E-state index in [0.717, 1.165) is 0 Å². The van der Waals surface area contributed by atoms with E-state index in [1.54, 1.807) is 0 Å². The number of ketones is 1. The number of Topliss-reactive ketones (excluding diaryl/α,β-unsaturated/α-hetero) is 1. The lowest BCUT2D eigenvalue weighted by molar-refractivity contribution is -0.143. The predicted octanol–water partition coefficient (Wildman–Crippen LogP) is 1.78. The van der Waals surface area contributed by atoms with Gasteiger partial charge in [-0.1, -0.05) is 0 Å². The number of aliphatic carboxylic acids is 1. The molecule has 114 valence electrons. The number of benzene rings is 1. The summed E-state index contributed by atoms with van der Waals surface area (Å²) in [5, 5.41) is 8.92. The van der Waals surface area contributed by atoms with Gasteiger partial charge in [0.15, 0.2) is 5.78 Å². The highest BCUT2D eigenvalue weighted by Crippen LogP contribution is 2.18. The Morgan fingerprint density at radius 1 is 1.33 bits per heavy atom. The van der Waals surface area contributed by atoms with Crippen LogP contribution >= 0.6 is 0 Å². The number of likely N-dealkylation sites (tertiary alicyclic amines) is 1. The molecular formula is C15H19FN2O3. The summed E-state index contributed by atoms with van der Waals surface area (Å²) in [5.74, 6) is -1.62. The molecule has 0 aliphatic carbocycles. The molecule has 1 aliphatic rings. The molecule has 5 nitrogen and oxygen atoms in total. The SMILES string of the molecule is Nc1cc(C(=O)CCN2CCC(C(=O)O)CC2)ccc1F. The summed E-state index contributed by atoms with van der Waals surface area (Å²) in [4.78, 5) is 25.0. The zero-order valence-corrected chi connectivity index (χ0v) is 11.7. The van der Waals surface area contributed by atoms with Gasteiger partial charge in [0.25, 0.3) is 0 Å². The van der Waals surface area contributed by atoms with E-state index >= 15 is 0 Å². The van der Waals surface area contributed by atoms with E-state index in [1.807, 2.05) is 0 Å². The van der Waals surface area contributed by atoms with Crippen molar-refractivity contribution < 1.29 is 19.1 Å². The molecule has 0 unspecified atom stereocenters. The maximum absolute atomic E-state index is 13.0. The summed E-state index contributed by atoms with van der Waals surface area (Å²) in [5.41, 5.74) is 5.83. The molecule has 1 aliphatic heterocycles. The van der Waals surface area contributed by atoms with Crippen molar-refractivity contribution in [2.75, 3.05) is 25.4 Å². The average Bonchev–Trinajstić information content (AvgIpc) is 2.48. The fourth-order valence-corrected chi connectivity index (χ4v) is 2.52. The van der Waals surface area contributed by atoms with Crippen molar-refractivity contribution in [1.82, 2.24) is 4.90 Å². The zero-order chi connectivity index (χ0) is 15.4. The minimum atomic E-state index is -0.743. The van der Waals surface area contributed by atoms with E-state index in [0.29, 0.717) is 44.5 Å². The van der Waals surface area contributed by atoms with Crippen LogP contribution in [-0.4, -0.2) is 41.4 Å². The number of anilines is 1. The molecule has 1 fully saturated rings. The molecule has 1 aromatic rings. The van der Waals surface area contributed by atoms with Crippen molar-refractivity contribution in [3.63, 3.8) is 0 Å². The number of carboxylic acids is 1. The number of hydrogen-bond donors (Lipinski definition) is 2. The Morgan fingerprint density at radius 3 is 2.57 bits per heavy atom. The van der Waals surface area contributed by atoms with Gasteiger partial charge in [-0.2, -0.15) is 0 Å². The van der Waals surface area contributed by atoms with E-state index in [9.17, 15) is 14.0 Å². The standard InChI is InChI=1S/C15H19FN2O3/c16-12-2-1-11(9-13(12)17)14(19)5-8-18-6-3-10(4-7-18)15(20)21/h1-2,9-10H,3-8,17H2,(H,20,21). The molecule has 1 heterocycles. The maximum Gasteiger partial charge on any atom is 0.306 e. The molecule has 6 heteroatoms. The Hall–Kier alpha value is -1.95. The molecule has 3 N–H and O–H groups in total. The van der Waals surface area contributed by atoms with Crippen molar-refractivity contribution in [3.05, 3.63) is 29.6 Å². The van der Waals surface area contributed by atoms with Gasteiger partial charge in [0, 0.05) is 18.5 Å². The minimum Gasteiger partial charge on any atom is -0.481 e. The van der Waals surface area contributed by atoms with Crippen LogP contribution in [0.3, 0.4) is 0 Å². The van der Waals surface area contributed by atoms with Crippen molar-refractivity contribution in [1.29, 1.82) is 0 Å². The number of carbonyl (C=O) groups is 2. The third-order valence-corrected chi connectivity index (χ3v) is 3.91. The number of nitrogen functional groups attached to an aromatic ring is 1. The topological polar surface area (TPSA) is 83.6 Å². The van der Waals surface area contributed by atoms with Gasteiger partial charge in [0.05, 0.1) is 11.6 Å². The molecule has 0 radical (unpaired) electrons. The predicted molar refractivity (Wildman–Crippen MR) is 76.6 cm³/mol. The molecule has 1 saturated heterocycles. The first kappa shape index (κ1) is 15.4. The normalized spacial score (nSPS) is 16.8. The van der Waals surface area contributed by atoms with Gasteiger partial charge >= 0.3 is 5.97 Å². The molecule has 0 amide bonds.